The number of hydrogen-bond acceptors (Lipinski definition) is 10. The van der Waals surface area contributed by atoms with Crippen LogP contribution in [0.3, 0.4) is 0 Å². The summed E-state index contributed by atoms with van der Waals surface area (Å²) in [6.07, 6.45) is -0.0574. The van der Waals surface area contributed by atoms with Crippen molar-refractivity contribution in [3.8, 4) is 0 Å². The van der Waals surface area contributed by atoms with Crippen molar-refractivity contribution in [1.82, 2.24) is 9.97 Å². The van der Waals surface area contributed by atoms with Gasteiger partial charge in [0, 0.05) is 23.1 Å². The van der Waals surface area contributed by atoms with E-state index in [1.165, 1.54) is 42.5 Å². The first kappa shape index (κ1) is 24.2. The summed E-state index contributed by atoms with van der Waals surface area (Å²) in [5.41, 5.74) is 12.1. The predicted molar refractivity (Wildman–Crippen MR) is 130 cm³/mol. The van der Waals surface area contributed by atoms with Gasteiger partial charge < -0.3 is 16.2 Å². The number of halogens is 1. The van der Waals surface area contributed by atoms with E-state index >= 15 is 0 Å². The molecule has 1 saturated heterocycles. The monoisotopic (exact) mass is 511 g/mol. The number of benzene rings is 2. The largest absolute Gasteiger partial charge is 0.454 e. The Hall–Kier alpha value is -3.96. The summed E-state index contributed by atoms with van der Waals surface area (Å²) in [6, 6.07) is 13.3. The van der Waals surface area contributed by atoms with Gasteiger partial charge >= 0.3 is 5.97 Å². The van der Waals surface area contributed by atoms with Crippen molar-refractivity contribution in [3.05, 3.63) is 70.7 Å². The lowest BCUT2D eigenvalue weighted by Crippen LogP contribution is -2.31. The van der Waals surface area contributed by atoms with Crippen LogP contribution in [0, 0.1) is 0 Å². The zero-order valence-corrected chi connectivity index (χ0v) is 19.6. The molecule has 3 aromatic rings. The first-order chi connectivity index (χ1) is 16.7. The molecule has 2 amide bonds. The summed E-state index contributed by atoms with van der Waals surface area (Å²) in [4.78, 5) is 59.0. The summed E-state index contributed by atoms with van der Waals surface area (Å²) >= 11 is 6.80. The molecule has 1 fully saturated rings. The predicted octanol–water partition coefficient (Wildman–Crippen LogP) is 2.76. The average molecular weight is 512 g/mol. The highest BCUT2D eigenvalue weighted by Crippen LogP contribution is 2.33. The number of esters is 1. The molecule has 0 spiro atoms. The van der Waals surface area contributed by atoms with Gasteiger partial charge in [-0.05, 0) is 48.5 Å². The topological polar surface area (TPSA) is 159 Å². The van der Waals surface area contributed by atoms with Crippen molar-refractivity contribution < 1.29 is 23.9 Å². The Labute approximate surface area is 208 Å². The lowest BCUT2D eigenvalue weighted by molar-refractivity contribution is -0.121. The fourth-order valence-electron chi connectivity index (χ4n) is 3.29. The number of amides is 2. The second-order valence-corrected chi connectivity index (χ2v) is 9.04. The van der Waals surface area contributed by atoms with Crippen molar-refractivity contribution in [2.45, 2.75) is 16.8 Å². The van der Waals surface area contributed by atoms with Crippen LogP contribution in [-0.2, 0) is 14.3 Å². The third kappa shape index (κ3) is 5.58. The maximum Gasteiger partial charge on any atom is 0.338 e. The van der Waals surface area contributed by atoms with E-state index in [4.69, 9.17) is 27.8 Å². The number of ketones is 1. The molecule has 4 rings (SSSR count). The van der Waals surface area contributed by atoms with Gasteiger partial charge in [0.2, 0.25) is 11.8 Å². The zero-order valence-electron chi connectivity index (χ0n) is 18.0. The Morgan fingerprint density at radius 1 is 1.00 bits per heavy atom. The number of nitrogens with zero attached hydrogens (tertiary/aromatic N) is 3. The van der Waals surface area contributed by atoms with Gasteiger partial charge in [-0.2, -0.15) is 0 Å². The first-order valence-electron chi connectivity index (χ1n) is 10.2. The molecule has 2 heterocycles. The number of ether oxygens (including phenoxy) is 1. The maximum absolute atomic E-state index is 12.9. The van der Waals surface area contributed by atoms with Crippen LogP contribution in [0.5, 0.6) is 0 Å². The minimum Gasteiger partial charge on any atom is -0.454 e. The van der Waals surface area contributed by atoms with E-state index < -0.39 is 29.6 Å². The number of Topliss-reactive ketones (excluding diaryl/α,β-unsaturated/α-hetero) is 1. The van der Waals surface area contributed by atoms with Crippen molar-refractivity contribution in [3.63, 3.8) is 0 Å². The number of hydrogen-bond donors (Lipinski definition) is 2. The van der Waals surface area contributed by atoms with Gasteiger partial charge in [0.15, 0.2) is 17.5 Å². The van der Waals surface area contributed by atoms with E-state index in [1.54, 1.807) is 12.1 Å². The van der Waals surface area contributed by atoms with Crippen LogP contribution in [0.15, 0.2) is 59.8 Å². The Balaban J connectivity index is 1.39. The van der Waals surface area contributed by atoms with E-state index in [9.17, 15) is 19.2 Å². The molecule has 1 unspecified atom stereocenters. The highest BCUT2D eigenvalue weighted by Gasteiger charge is 2.40. The van der Waals surface area contributed by atoms with Crippen molar-refractivity contribution in [1.29, 1.82) is 0 Å². The molecule has 1 aliphatic heterocycles. The number of carbonyl (C=O) groups excluding carboxylic acids is 4. The summed E-state index contributed by atoms with van der Waals surface area (Å²) in [7, 11) is 0. The highest BCUT2D eigenvalue weighted by atomic mass is 35.5. The summed E-state index contributed by atoms with van der Waals surface area (Å²) in [5.74, 6) is -1.64. The van der Waals surface area contributed by atoms with Crippen LogP contribution >= 0.6 is 23.4 Å². The second kappa shape index (κ2) is 10.1. The molecule has 1 aliphatic rings. The van der Waals surface area contributed by atoms with Crippen molar-refractivity contribution in [2.24, 2.45) is 0 Å². The lowest BCUT2D eigenvalue weighted by atomic mass is 10.1. The molecule has 4 N–H and O–H groups in total. The molecule has 35 heavy (non-hydrogen) atoms. The van der Waals surface area contributed by atoms with Gasteiger partial charge in [-0.25, -0.2) is 19.7 Å². The number of nitrogen functional groups attached to an aromatic ring is 2. The molecule has 10 nitrogen and oxygen atoms in total. The molecule has 2 aromatic carbocycles. The third-order valence-corrected chi connectivity index (χ3v) is 6.26. The molecular weight excluding hydrogens is 494 g/mol. The number of anilines is 3. The van der Waals surface area contributed by atoms with E-state index in [0.717, 1.165) is 16.7 Å². The number of nitrogens with two attached hydrogens (primary N) is 2. The Morgan fingerprint density at radius 2 is 1.60 bits per heavy atom. The Kier molecular flexibility index (Phi) is 6.99. The first-order valence-corrected chi connectivity index (χ1v) is 11.5. The van der Waals surface area contributed by atoms with Gasteiger partial charge in [0.05, 0.1) is 11.3 Å². The Morgan fingerprint density at radius 3 is 2.23 bits per heavy atom. The van der Waals surface area contributed by atoms with Gasteiger partial charge in [-0.3, -0.25) is 14.4 Å². The molecule has 12 heteroatoms. The minimum absolute atomic E-state index is 0.0574. The molecule has 0 saturated carbocycles. The summed E-state index contributed by atoms with van der Waals surface area (Å²) < 4.78 is 5.08. The number of rotatable bonds is 7. The van der Waals surface area contributed by atoms with Crippen LogP contribution in [-0.4, -0.2) is 45.4 Å². The van der Waals surface area contributed by atoms with Crippen molar-refractivity contribution in [2.75, 3.05) is 23.0 Å². The number of thioether (sulfide) groups is 1. The fraction of sp³-hybridized carbons (Fsp3) is 0.130. The van der Waals surface area contributed by atoms with Crippen molar-refractivity contribution >= 4 is 64.3 Å². The van der Waals surface area contributed by atoms with Crippen LogP contribution in [0.1, 0.15) is 27.1 Å². The number of aromatic nitrogens is 2. The van der Waals surface area contributed by atoms with Gasteiger partial charge in [-0.15, -0.1) is 0 Å². The van der Waals surface area contributed by atoms with E-state index in [1.807, 2.05) is 0 Å². The molecule has 0 aliphatic carbocycles. The van der Waals surface area contributed by atoms with Crippen LogP contribution in [0.25, 0.3) is 0 Å². The smallest absolute Gasteiger partial charge is 0.338 e. The molecule has 0 radical (unpaired) electrons. The third-order valence-electron chi connectivity index (χ3n) is 4.96. The summed E-state index contributed by atoms with van der Waals surface area (Å²) in [6.45, 7) is -0.444. The van der Waals surface area contributed by atoms with E-state index in [2.05, 4.69) is 9.97 Å². The average Bonchev–Trinajstić information content (AvgIpc) is 3.09. The van der Waals surface area contributed by atoms with Gasteiger partial charge in [0.25, 0.3) is 0 Å². The summed E-state index contributed by atoms with van der Waals surface area (Å²) in [5, 5.41) is -0.0599. The molecule has 1 atom stereocenters. The zero-order chi connectivity index (χ0) is 25.1. The standard InChI is InChI=1S/C23H18ClN5O5S/c24-14-5-1-12(2-6-14)16(30)11-34-22(33)13-3-7-15(8-4-13)29-20(31)9-17(21(29)32)35-23-27-18(25)10-19(26)28-23/h1-8,10,17H,9,11H2,(H4,25,26,27,28). The molecule has 0 bridgehead atoms. The normalized spacial score (nSPS) is 15.3. The van der Waals surface area contributed by atoms with Crippen LogP contribution in [0.2, 0.25) is 5.02 Å². The van der Waals surface area contributed by atoms with Crippen LogP contribution in [0.4, 0.5) is 17.3 Å². The molecular formula is C23H18ClN5O5S. The maximum atomic E-state index is 12.9. The minimum atomic E-state index is -0.743. The van der Waals surface area contributed by atoms with Gasteiger partial charge in [-0.1, -0.05) is 23.4 Å². The lowest BCUT2D eigenvalue weighted by Gasteiger charge is -2.15. The van der Waals surface area contributed by atoms with E-state index in [0.29, 0.717) is 16.3 Å². The fourth-order valence-corrected chi connectivity index (χ4v) is 4.42. The quantitative estimate of drug-likeness (QED) is 0.209. The van der Waals surface area contributed by atoms with Gasteiger partial charge in [0.1, 0.15) is 16.9 Å². The highest BCUT2D eigenvalue weighted by molar-refractivity contribution is 8.00. The number of imide groups is 1. The second-order valence-electron chi connectivity index (χ2n) is 7.43. The van der Waals surface area contributed by atoms with Crippen LogP contribution < -0.4 is 16.4 Å². The molecule has 178 valence electrons. The SMILES string of the molecule is Nc1cc(N)nc(SC2CC(=O)N(c3ccc(C(=O)OCC(=O)c4ccc(Cl)cc4)cc3)C2=O)n1. The number of carbonyl (C=O) groups is 4. The molecule has 1 aromatic heterocycles. The van der Waals surface area contributed by atoms with E-state index in [-0.39, 0.29) is 34.6 Å². The Bertz CT molecular complexity index is 1300.